The van der Waals surface area contributed by atoms with E-state index in [4.69, 9.17) is 4.74 Å². The number of ether oxygens (including phenoxy) is 1. The van der Waals surface area contributed by atoms with E-state index in [-0.39, 0.29) is 17.5 Å². The first-order valence-corrected chi connectivity index (χ1v) is 9.62. The van der Waals surface area contributed by atoms with Gasteiger partial charge in [-0.1, -0.05) is 22.0 Å². The Bertz CT molecular complexity index is 1040. The quantitative estimate of drug-likeness (QED) is 0.600. The summed E-state index contributed by atoms with van der Waals surface area (Å²) in [5.41, 5.74) is 2.52. The van der Waals surface area contributed by atoms with Gasteiger partial charge in [-0.05, 0) is 72.1 Å². The number of carbonyl (C=O) groups is 1. The molecule has 4 rings (SSSR count). The molecule has 0 aliphatic carbocycles. The smallest absolute Gasteiger partial charge is 0.257 e. The van der Waals surface area contributed by atoms with Gasteiger partial charge in [0.1, 0.15) is 23.1 Å². The van der Waals surface area contributed by atoms with E-state index in [1.54, 1.807) is 35.2 Å². The molecule has 1 aliphatic rings. The van der Waals surface area contributed by atoms with E-state index in [9.17, 15) is 14.3 Å². The minimum Gasteiger partial charge on any atom is -0.508 e. The van der Waals surface area contributed by atoms with Crippen molar-refractivity contribution >= 4 is 21.8 Å². The highest BCUT2D eigenvalue weighted by Crippen LogP contribution is 2.31. The number of amides is 1. The molecule has 6 heteroatoms. The Morgan fingerprint density at radius 3 is 2.61 bits per heavy atom. The van der Waals surface area contributed by atoms with Gasteiger partial charge in [-0.2, -0.15) is 0 Å². The molecule has 142 valence electrons. The van der Waals surface area contributed by atoms with Crippen LogP contribution in [-0.4, -0.2) is 22.5 Å². The summed E-state index contributed by atoms with van der Waals surface area (Å²) >= 11 is 3.41. The lowest BCUT2D eigenvalue weighted by Crippen LogP contribution is -2.36. The maximum absolute atomic E-state index is 13.2. The molecule has 3 aromatic rings. The van der Waals surface area contributed by atoms with Crippen molar-refractivity contribution < 1.29 is 19.0 Å². The third kappa shape index (κ3) is 3.87. The van der Waals surface area contributed by atoms with Crippen molar-refractivity contribution in [3.05, 3.63) is 87.6 Å². The van der Waals surface area contributed by atoms with Crippen LogP contribution in [0.25, 0.3) is 0 Å². The molecule has 1 N–H and O–H groups in total. The van der Waals surface area contributed by atoms with Crippen molar-refractivity contribution in [3.8, 4) is 17.2 Å². The number of aromatic hydroxyl groups is 1. The molecule has 0 unspecified atom stereocenters. The summed E-state index contributed by atoms with van der Waals surface area (Å²) in [6, 6.07) is 16.1. The number of phenols is 1. The van der Waals surface area contributed by atoms with E-state index in [1.165, 1.54) is 24.3 Å². The Morgan fingerprint density at radius 1 is 1.04 bits per heavy atom. The Morgan fingerprint density at radius 2 is 1.82 bits per heavy atom. The highest BCUT2D eigenvalue weighted by molar-refractivity contribution is 9.10. The first-order chi connectivity index (χ1) is 13.5. The number of phenolic OH excluding ortho intramolecular Hbond substituents is 1. The van der Waals surface area contributed by atoms with E-state index in [1.807, 2.05) is 6.07 Å². The molecule has 28 heavy (non-hydrogen) atoms. The second-order valence-corrected chi connectivity index (χ2v) is 7.54. The lowest BCUT2D eigenvalue weighted by Gasteiger charge is -2.29. The maximum atomic E-state index is 13.2. The summed E-state index contributed by atoms with van der Waals surface area (Å²) in [5, 5.41) is 9.64. The van der Waals surface area contributed by atoms with Gasteiger partial charge in [0.05, 0.1) is 5.56 Å². The summed E-state index contributed by atoms with van der Waals surface area (Å²) in [4.78, 5) is 14.9. The zero-order valence-electron chi connectivity index (χ0n) is 14.9. The fourth-order valence-electron chi connectivity index (χ4n) is 3.27. The SMILES string of the molecule is O=C(c1ccc(Br)cc1Oc1ccc(F)cc1)N1CCc2cc(O)ccc2C1. The van der Waals surface area contributed by atoms with Crippen LogP contribution in [0.5, 0.6) is 17.2 Å². The van der Waals surface area contributed by atoms with E-state index in [0.717, 1.165) is 15.6 Å². The molecule has 0 bridgehead atoms. The highest BCUT2D eigenvalue weighted by atomic mass is 79.9. The Kier molecular flexibility index (Phi) is 5.05. The van der Waals surface area contributed by atoms with E-state index < -0.39 is 0 Å². The number of rotatable bonds is 3. The van der Waals surface area contributed by atoms with Gasteiger partial charge in [-0.15, -0.1) is 0 Å². The number of hydrogen-bond donors (Lipinski definition) is 1. The molecule has 1 amide bonds. The fourth-order valence-corrected chi connectivity index (χ4v) is 3.61. The summed E-state index contributed by atoms with van der Waals surface area (Å²) < 4.78 is 19.8. The minimum absolute atomic E-state index is 0.136. The Labute approximate surface area is 170 Å². The zero-order valence-corrected chi connectivity index (χ0v) is 16.4. The van der Waals surface area contributed by atoms with Crippen LogP contribution < -0.4 is 4.74 Å². The summed E-state index contributed by atoms with van der Waals surface area (Å²) in [5.74, 6) is 0.608. The number of hydrogen-bond acceptors (Lipinski definition) is 3. The molecular weight excluding hydrogens is 425 g/mol. The monoisotopic (exact) mass is 441 g/mol. The van der Waals surface area contributed by atoms with Crippen molar-refractivity contribution in [2.45, 2.75) is 13.0 Å². The van der Waals surface area contributed by atoms with Crippen LogP contribution in [0.1, 0.15) is 21.5 Å². The summed E-state index contributed by atoms with van der Waals surface area (Å²) in [7, 11) is 0. The Hall–Kier alpha value is -2.86. The fraction of sp³-hybridized carbons (Fsp3) is 0.136. The van der Waals surface area contributed by atoms with Gasteiger partial charge < -0.3 is 14.7 Å². The van der Waals surface area contributed by atoms with Gasteiger partial charge in [0, 0.05) is 17.6 Å². The van der Waals surface area contributed by atoms with Crippen molar-refractivity contribution in [2.75, 3.05) is 6.54 Å². The normalized spacial score (nSPS) is 13.1. The van der Waals surface area contributed by atoms with E-state index >= 15 is 0 Å². The van der Waals surface area contributed by atoms with Crippen LogP contribution >= 0.6 is 15.9 Å². The van der Waals surface area contributed by atoms with Crippen molar-refractivity contribution in [1.29, 1.82) is 0 Å². The van der Waals surface area contributed by atoms with Gasteiger partial charge in [0.15, 0.2) is 0 Å². The molecule has 0 spiro atoms. The van der Waals surface area contributed by atoms with E-state index in [2.05, 4.69) is 15.9 Å². The maximum Gasteiger partial charge on any atom is 0.257 e. The standard InChI is InChI=1S/C22H17BrFNO3/c23-16-2-8-20(21(12-16)28-19-6-3-17(24)4-7-19)22(27)25-10-9-14-11-18(26)5-1-15(14)13-25/h1-8,11-12,26H,9-10,13H2. The number of nitrogens with zero attached hydrogens (tertiary/aromatic N) is 1. The third-order valence-corrected chi connectivity index (χ3v) is 5.20. The first kappa shape index (κ1) is 18.5. The second kappa shape index (κ2) is 7.64. The van der Waals surface area contributed by atoms with Crippen LogP contribution in [0.2, 0.25) is 0 Å². The average molecular weight is 442 g/mol. The average Bonchev–Trinajstić information content (AvgIpc) is 2.69. The highest BCUT2D eigenvalue weighted by Gasteiger charge is 2.24. The largest absolute Gasteiger partial charge is 0.508 e. The van der Waals surface area contributed by atoms with Crippen LogP contribution in [0, 0.1) is 5.82 Å². The molecule has 0 aromatic heterocycles. The van der Waals surface area contributed by atoms with E-state index in [0.29, 0.717) is 36.6 Å². The predicted molar refractivity (Wildman–Crippen MR) is 107 cm³/mol. The zero-order chi connectivity index (χ0) is 19.7. The predicted octanol–water partition coefficient (Wildman–Crippen LogP) is 5.28. The van der Waals surface area contributed by atoms with Gasteiger partial charge in [0.25, 0.3) is 5.91 Å². The topological polar surface area (TPSA) is 49.8 Å². The molecule has 0 fully saturated rings. The third-order valence-electron chi connectivity index (χ3n) is 4.70. The first-order valence-electron chi connectivity index (χ1n) is 8.82. The van der Waals surface area contributed by atoms with Gasteiger partial charge in [-0.25, -0.2) is 4.39 Å². The molecule has 4 nitrogen and oxygen atoms in total. The number of benzene rings is 3. The van der Waals surface area contributed by atoms with Crippen molar-refractivity contribution in [3.63, 3.8) is 0 Å². The Balaban J connectivity index is 1.61. The minimum atomic E-state index is -0.351. The number of halogens is 2. The molecule has 3 aromatic carbocycles. The van der Waals surface area contributed by atoms with Gasteiger partial charge in [0.2, 0.25) is 0 Å². The molecular formula is C22H17BrFNO3. The molecule has 1 heterocycles. The number of carbonyl (C=O) groups excluding carboxylic acids is 1. The molecule has 0 radical (unpaired) electrons. The second-order valence-electron chi connectivity index (χ2n) is 6.63. The summed E-state index contributed by atoms with van der Waals surface area (Å²) in [6.45, 7) is 1.03. The van der Waals surface area contributed by atoms with Gasteiger partial charge in [-0.3, -0.25) is 4.79 Å². The van der Waals surface area contributed by atoms with Gasteiger partial charge >= 0.3 is 0 Å². The lowest BCUT2D eigenvalue weighted by molar-refractivity contribution is 0.0732. The molecule has 1 aliphatic heterocycles. The van der Waals surface area contributed by atoms with Crippen molar-refractivity contribution in [2.24, 2.45) is 0 Å². The number of fused-ring (bicyclic) bond motifs is 1. The van der Waals surface area contributed by atoms with Crippen LogP contribution in [0.15, 0.2) is 65.1 Å². The lowest BCUT2D eigenvalue weighted by atomic mass is 9.98. The van der Waals surface area contributed by atoms with Crippen LogP contribution in [0.3, 0.4) is 0 Å². The molecule has 0 saturated heterocycles. The van der Waals surface area contributed by atoms with Crippen LogP contribution in [-0.2, 0) is 13.0 Å². The van der Waals surface area contributed by atoms with Crippen LogP contribution in [0.4, 0.5) is 4.39 Å². The summed E-state index contributed by atoms with van der Waals surface area (Å²) in [6.07, 6.45) is 0.681. The molecule has 0 atom stereocenters. The molecule has 0 saturated carbocycles. The van der Waals surface area contributed by atoms with Crippen molar-refractivity contribution in [1.82, 2.24) is 4.90 Å².